The molecule has 1 amide bonds. The van der Waals surface area contributed by atoms with Gasteiger partial charge in [0.25, 0.3) is 0 Å². The van der Waals surface area contributed by atoms with Crippen molar-refractivity contribution in [2.45, 2.75) is 17.7 Å². The molecule has 2 bridgehead atoms. The maximum Gasteiger partial charge on any atom is 0.245 e. The predicted octanol–water partition coefficient (Wildman–Crippen LogP) is 0.728. The molecule has 90 valence electrons. The number of nitrogens with zero attached hydrogens (tertiary/aromatic N) is 1. The van der Waals surface area contributed by atoms with E-state index in [-0.39, 0.29) is 23.5 Å². The lowest BCUT2D eigenvalue weighted by Crippen LogP contribution is -2.45. The van der Waals surface area contributed by atoms with Crippen LogP contribution in [0, 0.1) is 5.82 Å². The van der Waals surface area contributed by atoms with Gasteiger partial charge in [0.05, 0.1) is 11.8 Å². The minimum Gasteiger partial charge on any atom is -0.307 e. The van der Waals surface area contributed by atoms with E-state index in [1.807, 2.05) is 0 Å². The number of anilines is 1. The van der Waals surface area contributed by atoms with Crippen molar-refractivity contribution in [3.8, 4) is 0 Å². The maximum absolute atomic E-state index is 12.8. The number of amides is 1. The third kappa shape index (κ3) is 1.47. The van der Waals surface area contributed by atoms with Crippen LogP contribution in [0.4, 0.5) is 10.1 Å². The summed E-state index contributed by atoms with van der Waals surface area (Å²) in [6.07, 6.45) is 0.360. The second-order valence-corrected chi connectivity index (χ2v) is 6.62. The Hall–Kier alpha value is -1.43. The molecule has 0 spiro atoms. The molecule has 1 aromatic carbocycles. The van der Waals surface area contributed by atoms with Crippen molar-refractivity contribution in [2.24, 2.45) is 0 Å². The first-order chi connectivity index (χ1) is 7.99. The lowest BCUT2D eigenvalue weighted by atomic mass is 10.2. The van der Waals surface area contributed by atoms with E-state index in [2.05, 4.69) is 0 Å². The number of hydrogen-bond donors (Lipinski definition) is 0. The van der Waals surface area contributed by atoms with Gasteiger partial charge in [-0.2, -0.15) is 0 Å². The SMILES string of the molecule is O=C1C2CC(CS2(=O)=O)N1c1ccc(F)cc1. The standard InChI is InChI=1S/C11H10FNO3S/c12-7-1-3-8(4-2-7)13-9-5-10(11(13)14)17(15,16)6-9/h1-4,9-10H,5-6H2. The molecule has 0 N–H and O–H groups in total. The molecule has 0 radical (unpaired) electrons. The van der Waals surface area contributed by atoms with Gasteiger partial charge in [-0.15, -0.1) is 0 Å². The van der Waals surface area contributed by atoms with Crippen molar-refractivity contribution in [2.75, 3.05) is 10.7 Å². The number of carbonyl (C=O) groups is 1. The van der Waals surface area contributed by atoms with Crippen LogP contribution in [0.2, 0.25) is 0 Å². The molecule has 2 aliphatic heterocycles. The summed E-state index contributed by atoms with van der Waals surface area (Å²) < 4.78 is 35.9. The molecule has 2 saturated heterocycles. The van der Waals surface area contributed by atoms with E-state index in [4.69, 9.17) is 0 Å². The Bertz CT molecular complexity index is 581. The predicted molar refractivity (Wildman–Crippen MR) is 59.9 cm³/mol. The van der Waals surface area contributed by atoms with Gasteiger partial charge in [0.15, 0.2) is 9.84 Å². The van der Waals surface area contributed by atoms with Crippen LogP contribution in [-0.4, -0.2) is 31.4 Å². The Labute approximate surface area is 98.0 Å². The molecule has 4 nitrogen and oxygen atoms in total. The van der Waals surface area contributed by atoms with Crippen molar-refractivity contribution in [1.82, 2.24) is 0 Å². The molecule has 2 aliphatic rings. The molecule has 1 aromatic rings. The van der Waals surface area contributed by atoms with Crippen LogP contribution in [-0.2, 0) is 14.6 Å². The number of carbonyl (C=O) groups excluding carboxylic acids is 1. The van der Waals surface area contributed by atoms with Gasteiger partial charge < -0.3 is 4.90 Å². The van der Waals surface area contributed by atoms with E-state index in [1.54, 1.807) is 0 Å². The van der Waals surface area contributed by atoms with E-state index in [0.29, 0.717) is 12.1 Å². The minimum atomic E-state index is -3.25. The zero-order valence-corrected chi connectivity index (χ0v) is 9.65. The molecule has 6 heteroatoms. The van der Waals surface area contributed by atoms with Crippen LogP contribution >= 0.6 is 0 Å². The van der Waals surface area contributed by atoms with E-state index in [9.17, 15) is 17.6 Å². The third-order valence-electron chi connectivity index (χ3n) is 3.33. The van der Waals surface area contributed by atoms with Gasteiger partial charge in [0.2, 0.25) is 5.91 Å². The minimum absolute atomic E-state index is 0.0147. The zero-order valence-electron chi connectivity index (χ0n) is 8.84. The quantitative estimate of drug-likeness (QED) is 0.743. The Balaban J connectivity index is 1.98. The summed E-state index contributed by atoms with van der Waals surface area (Å²) >= 11 is 0. The summed E-state index contributed by atoms with van der Waals surface area (Å²) in [6.45, 7) is 0. The number of sulfone groups is 1. The van der Waals surface area contributed by atoms with Crippen molar-refractivity contribution in [3.63, 3.8) is 0 Å². The number of hydrogen-bond acceptors (Lipinski definition) is 3. The highest BCUT2D eigenvalue weighted by atomic mass is 32.2. The Morgan fingerprint density at radius 2 is 1.88 bits per heavy atom. The smallest absolute Gasteiger partial charge is 0.245 e. The summed E-state index contributed by atoms with van der Waals surface area (Å²) in [6, 6.07) is 5.25. The van der Waals surface area contributed by atoms with Gasteiger partial charge in [0, 0.05) is 5.69 Å². The molecule has 17 heavy (non-hydrogen) atoms. The number of rotatable bonds is 1. The van der Waals surface area contributed by atoms with Gasteiger partial charge in [-0.25, -0.2) is 12.8 Å². The van der Waals surface area contributed by atoms with E-state index < -0.39 is 15.1 Å². The Kier molecular flexibility index (Phi) is 2.07. The number of fused-ring (bicyclic) bond motifs is 2. The zero-order chi connectivity index (χ0) is 12.2. The molecule has 0 aromatic heterocycles. The van der Waals surface area contributed by atoms with Crippen LogP contribution in [0.25, 0.3) is 0 Å². The van der Waals surface area contributed by atoms with Gasteiger partial charge >= 0.3 is 0 Å². The van der Waals surface area contributed by atoms with E-state index in [0.717, 1.165) is 0 Å². The first-order valence-corrected chi connectivity index (χ1v) is 7.01. The number of benzene rings is 1. The first-order valence-electron chi connectivity index (χ1n) is 5.29. The van der Waals surface area contributed by atoms with E-state index >= 15 is 0 Å². The fourth-order valence-corrected chi connectivity index (χ4v) is 4.55. The first kappa shape index (κ1) is 10.7. The van der Waals surface area contributed by atoms with Gasteiger partial charge in [0.1, 0.15) is 11.1 Å². The summed E-state index contributed by atoms with van der Waals surface area (Å²) in [7, 11) is -3.25. The van der Waals surface area contributed by atoms with Crippen molar-refractivity contribution in [1.29, 1.82) is 0 Å². The monoisotopic (exact) mass is 255 g/mol. The van der Waals surface area contributed by atoms with Crippen molar-refractivity contribution < 1.29 is 17.6 Å². The molecular formula is C11H10FNO3S. The second-order valence-electron chi connectivity index (χ2n) is 4.39. The number of halogens is 1. The molecule has 3 rings (SSSR count). The summed E-state index contributed by atoms with van der Waals surface area (Å²) in [4.78, 5) is 13.4. The van der Waals surface area contributed by atoms with Crippen LogP contribution < -0.4 is 4.90 Å². The van der Waals surface area contributed by atoms with E-state index in [1.165, 1.54) is 29.2 Å². The summed E-state index contributed by atoms with van der Waals surface area (Å²) in [5.41, 5.74) is 0.568. The highest BCUT2D eigenvalue weighted by Gasteiger charge is 2.54. The lowest BCUT2D eigenvalue weighted by molar-refractivity contribution is -0.117. The fourth-order valence-electron chi connectivity index (χ4n) is 2.56. The topological polar surface area (TPSA) is 54.5 Å². The highest BCUT2D eigenvalue weighted by Crippen LogP contribution is 2.37. The average Bonchev–Trinajstić information content (AvgIpc) is 2.72. The van der Waals surface area contributed by atoms with Crippen LogP contribution in [0.5, 0.6) is 0 Å². The average molecular weight is 255 g/mol. The lowest BCUT2D eigenvalue weighted by Gasteiger charge is -2.26. The second kappa shape index (κ2) is 3.29. The molecule has 0 aliphatic carbocycles. The van der Waals surface area contributed by atoms with Crippen LogP contribution in [0.15, 0.2) is 24.3 Å². The molecule has 0 saturated carbocycles. The maximum atomic E-state index is 12.8. The van der Waals surface area contributed by atoms with Crippen molar-refractivity contribution >= 4 is 21.4 Å². The summed E-state index contributed by atoms with van der Waals surface area (Å²) in [5, 5.41) is -0.891. The molecule has 2 atom stereocenters. The molecular weight excluding hydrogens is 245 g/mol. The summed E-state index contributed by atoms with van der Waals surface area (Å²) in [5.74, 6) is -0.744. The van der Waals surface area contributed by atoms with Crippen LogP contribution in [0.1, 0.15) is 6.42 Å². The van der Waals surface area contributed by atoms with Gasteiger partial charge in [-0.05, 0) is 30.7 Å². The molecule has 2 unspecified atom stereocenters. The Morgan fingerprint density at radius 1 is 1.24 bits per heavy atom. The van der Waals surface area contributed by atoms with Crippen LogP contribution in [0.3, 0.4) is 0 Å². The van der Waals surface area contributed by atoms with Gasteiger partial charge in [-0.1, -0.05) is 0 Å². The fraction of sp³-hybridized carbons (Fsp3) is 0.364. The Morgan fingerprint density at radius 3 is 2.41 bits per heavy atom. The normalized spacial score (nSPS) is 29.9. The molecule has 2 fully saturated rings. The largest absolute Gasteiger partial charge is 0.307 e. The van der Waals surface area contributed by atoms with Crippen molar-refractivity contribution in [3.05, 3.63) is 30.1 Å². The van der Waals surface area contributed by atoms with Gasteiger partial charge in [-0.3, -0.25) is 4.79 Å². The molecule has 2 heterocycles. The third-order valence-corrected chi connectivity index (χ3v) is 5.44. The highest BCUT2D eigenvalue weighted by molar-refractivity contribution is 7.93.